The van der Waals surface area contributed by atoms with E-state index in [2.05, 4.69) is 10.3 Å². The van der Waals surface area contributed by atoms with Crippen molar-refractivity contribution in [1.82, 2.24) is 10.3 Å². The minimum Gasteiger partial charge on any atom is -0.349 e. The topological polar surface area (TPSA) is 68.0 Å². The molecule has 2 rings (SSSR count). The number of benzene rings is 1. The van der Waals surface area contributed by atoms with E-state index in [0.29, 0.717) is 17.3 Å². The fourth-order valence-electron chi connectivity index (χ4n) is 1.53. The van der Waals surface area contributed by atoms with Crippen LogP contribution in [0.3, 0.4) is 0 Å². The van der Waals surface area contributed by atoms with Crippen LogP contribution in [0, 0.1) is 0 Å². The van der Waals surface area contributed by atoms with Crippen LogP contribution in [0.4, 0.5) is 0 Å². The third-order valence-electron chi connectivity index (χ3n) is 2.51. The molecule has 0 saturated heterocycles. The first-order chi connectivity index (χ1) is 9.35. The van der Waals surface area contributed by atoms with Crippen molar-refractivity contribution in [3.05, 3.63) is 40.4 Å². The normalized spacial score (nSPS) is 10.4. The lowest BCUT2D eigenvalue weighted by Crippen LogP contribution is -2.45. The number of aromatic nitrogens is 1. The Balaban J connectivity index is 0.00000220. The van der Waals surface area contributed by atoms with Gasteiger partial charge in [-0.25, -0.2) is 4.98 Å². The zero-order valence-electron chi connectivity index (χ0n) is 12.1. The number of nitrogens with one attached hydrogen (secondary N) is 1. The Kier molecular flexibility index (Phi) is 8.36. The van der Waals surface area contributed by atoms with Gasteiger partial charge in [0.15, 0.2) is 0 Å². The van der Waals surface area contributed by atoms with Gasteiger partial charge in [0.25, 0.3) is 5.91 Å². The molecule has 1 aromatic heterocycles. The number of halogens is 3. The first-order valence-corrected chi connectivity index (χ1v) is 7.39. The third kappa shape index (κ3) is 6.10. The molecule has 0 aliphatic rings. The molecule has 0 unspecified atom stereocenters. The van der Waals surface area contributed by atoms with E-state index in [0.717, 1.165) is 10.6 Å². The van der Waals surface area contributed by atoms with Crippen molar-refractivity contribution in [2.75, 3.05) is 6.54 Å². The van der Waals surface area contributed by atoms with Gasteiger partial charge >= 0.3 is 0 Å². The smallest absolute Gasteiger partial charge is 0.270 e. The Morgan fingerprint density at radius 3 is 2.68 bits per heavy atom. The second-order valence-corrected chi connectivity index (χ2v) is 6.51. The van der Waals surface area contributed by atoms with Gasteiger partial charge < -0.3 is 11.1 Å². The minimum atomic E-state index is -0.443. The molecule has 0 atom stereocenters. The molecule has 1 amide bonds. The lowest BCUT2D eigenvalue weighted by molar-refractivity contribution is 0.0942. The predicted octanol–water partition coefficient (Wildman–Crippen LogP) is 3.77. The molecule has 0 radical (unpaired) electrons. The van der Waals surface area contributed by atoms with Crippen LogP contribution < -0.4 is 11.1 Å². The molecular weight excluding hydrogens is 365 g/mol. The molecular formula is C14H18Cl3N3OS. The molecule has 8 heteroatoms. The van der Waals surface area contributed by atoms with Crippen molar-refractivity contribution in [2.24, 2.45) is 5.73 Å². The number of hydrogen-bond donors (Lipinski definition) is 2. The molecule has 0 bridgehead atoms. The summed E-state index contributed by atoms with van der Waals surface area (Å²) < 4.78 is 0. The van der Waals surface area contributed by atoms with E-state index >= 15 is 0 Å². The minimum absolute atomic E-state index is 0. The van der Waals surface area contributed by atoms with Crippen molar-refractivity contribution < 1.29 is 4.79 Å². The first kappa shape index (κ1) is 21.1. The lowest BCUT2D eigenvalue weighted by atomic mass is 10.1. The fraction of sp³-hybridized carbons (Fsp3) is 0.286. The molecule has 1 heterocycles. The fourth-order valence-corrected chi connectivity index (χ4v) is 2.52. The van der Waals surface area contributed by atoms with Crippen molar-refractivity contribution >= 4 is 53.7 Å². The van der Waals surface area contributed by atoms with Crippen LogP contribution in [0.5, 0.6) is 0 Å². The summed E-state index contributed by atoms with van der Waals surface area (Å²) in [6, 6.07) is 7.39. The molecule has 0 fully saturated rings. The maximum Gasteiger partial charge on any atom is 0.270 e. The monoisotopic (exact) mass is 381 g/mol. The van der Waals surface area contributed by atoms with E-state index < -0.39 is 5.54 Å². The van der Waals surface area contributed by atoms with Gasteiger partial charge in [-0.15, -0.1) is 36.2 Å². The van der Waals surface area contributed by atoms with E-state index in [1.165, 1.54) is 11.3 Å². The Labute approximate surface area is 151 Å². The van der Waals surface area contributed by atoms with Crippen LogP contribution in [0.25, 0.3) is 10.6 Å². The number of amides is 1. The summed E-state index contributed by atoms with van der Waals surface area (Å²) in [7, 11) is 0. The number of carbonyl (C=O) groups excluding carboxylic acids is 1. The van der Waals surface area contributed by atoms with Gasteiger partial charge in [-0.3, -0.25) is 4.79 Å². The van der Waals surface area contributed by atoms with Crippen LogP contribution in [0.1, 0.15) is 24.3 Å². The van der Waals surface area contributed by atoms with Gasteiger partial charge in [-0.05, 0) is 26.0 Å². The predicted molar refractivity (Wildman–Crippen MR) is 97.7 cm³/mol. The van der Waals surface area contributed by atoms with Crippen LogP contribution in [-0.4, -0.2) is 23.0 Å². The molecule has 0 spiro atoms. The van der Waals surface area contributed by atoms with Crippen LogP contribution in [0.15, 0.2) is 29.6 Å². The number of thiazole rings is 1. The summed E-state index contributed by atoms with van der Waals surface area (Å²) in [5, 5.41) is 5.92. The standard InChI is InChI=1S/C14H16ClN3OS.2ClH/c1-14(2,16)8-17-12(19)11-7-20-13(18-11)9-4-3-5-10(15)6-9;;/h3-7H,8,16H2,1-2H3,(H,17,19);2*1H. The number of rotatable bonds is 4. The van der Waals surface area contributed by atoms with Gasteiger partial charge in [0.1, 0.15) is 10.7 Å². The second-order valence-electron chi connectivity index (χ2n) is 5.22. The summed E-state index contributed by atoms with van der Waals surface area (Å²) in [6.45, 7) is 4.10. The number of carbonyl (C=O) groups is 1. The molecule has 4 nitrogen and oxygen atoms in total. The maximum absolute atomic E-state index is 12.0. The Morgan fingerprint density at radius 1 is 1.41 bits per heavy atom. The van der Waals surface area contributed by atoms with Crippen molar-refractivity contribution in [2.45, 2.75) is 19.4 Å². The Bertz CT molecular complexity index is 626. The van der Waals surface area contributed by atoms with Gasteiger partial charge in [0.05, 0.1) is 0 Å². The summed E-state index contributed by atoms with van der Waals surface area (Å²) in [4.78, 5) is 16.3. The summed E-state index contributed by atoms with van der Waals surface area (Å²) in [5.41, 5.74) is 6.69. The maximum atomic E-state index is 12.0. The first-order valence-electron chi connectivity index (χ1n) is 6.14. The molecule has 122 valence electrons. The van der Waals surface area contributed by atoms with Gasteiger partial charge in [-0.2, -0.15) is 0 Å². The van der Waals surface area contributed by atoms with Gasteiger partial charge in [0, 0.05) is 28.0 Å². The van der Waals surface area contributed by atoms with Crippen LogP contribution in [-0.2, 0) is 0 Å². The number of hydrogen-bond acceptors (Lipinski definition) is 4. The molecule has 0 aliphatic heterocycles. The summed E-state index contributed by atoms with van der Waals surface area (Å²) in [5.74, 6) is -0.215. The summed E-state index contributed by atoms with van der Waals surface area (Å²) in [6.07, 6.45) is 0. The molecule has 1 aromatic carbocycles. The SMILES string of the molecule is CC(C)(N)CNC(=O)c1csc(-c2cccc(Cl)c2)n1.Cl.Cl. The van der Waals surface area contributed by atoms with E-state index in [4.69, 9.17) is 17.3 Å². The van der Waals surface area contributed by atoms with Gasteiger partial charge in [0.2, 0.25) is 0 Å². The highest BCUT2D eigenvalue weighted by atomic mass is 35.5. The molecule has 0 aliphatic carbocycles. The highest BCUT2D eigenvalue weighted by molar-refractivity contribution is 7.13. The van der Waals surface area contributed by atoms with Crippen molar-refractivity contribution in [1.29, 1.82) is 0 Å². The number of nitrogens with two attached hydrogens (primary N) is 1. The molecule has 2 aromatic rings. The van der Waals surface area contributed by atoms with E-state index in [-0.39, 0.29) is 30.7 Å². The summed E-state index contributed by atoms with van der Waals surface area (Å²) >= 11 is 7.36. The molecule has 3 N–H and O–H groups in total. The van der Waals surface area contributed by atoms with Crippen molar-refractivity contribution in [3.8, 4) is 10.6 Å². The quantitative estimate of drug-likeness (QED) is 0.845. The van der Waals surface area contributed by atoms with E-state index in [1.807, 2.05) is 32.0 Å². The lowest BCUT2D eigenvalue weighted by Gasteiger charge is -2.18. The third-order valence-corrected chi connectivity index (χ3v) is 3.64. The van der Waals surface area contributed by atoms with Crippen molar-refractivity contribution in [3.63, 3.8) is 0 Å². The second kappa shape index (κ2) is 8.70. The average Bonchev–Trinajstić information content (AvgIpc) is 2.84. The zero-order valence-corrected chi connectivity index (χ0v) is 15.3. The Morgan fingerprint density at radius 2 is 2.09 bits per heavy atom. The molecule has 22 heavy (non-hydrogen) atoms. The van der Waals surface area contributed by atoms with E-state index in [9.17, 15) is 4.79 Å². The average molecular weight is 383 g/mol. The van der Waals surface area contributed by atoms with Crippen LogP contribution in [0.2, 0.25) is 5.02 Å². The zero-order chi connectivity index (χ0) is 14.8. The largest absolute Gasteiger partial charge is 0.349 e. The number of nitrogens with zero attached hydrogens (tertiary/aromatic N) is 1. The van der Waals surface area contributed by atoms with E-state index in [1.54, 1.807) is 11.4 Å². The highest BCUT2D eigenvalue weighted by Gasteiger charge is 2.16. The molecule has 0 saturated carbocycles. The Hall–Kier alpha value is -0.850. The van der Waals surface area contributed by atoms with Crippen LogP contribution >= 0.6 is 47.8 Å². The van der Waals surface area contributed by atoms with Gasteiger partial charge in [-0.1, -0.05) is 23.7 Å². The highest BCUT2D eigenvalue weighted by Crippen LogP contribution is 2.25.